The van der Waals surface area contributed by atoms with Crippen molar-refractivity contribution in [1.82, 2.24) is 9.80 Å². The molecule has 0 aromatic heterocycles. The predicted octanol–water partition coefficient (Wildman–Crippen LogP) is 2.71. The van der Waals surface area contributed by atoms with E-state index in [1.54, 1.807) is 18.2 Å². The molecule has 4 rings (SSSR count). The fourth-order valence-corrected chi connectivity index (χ4v) is 4.54. The Balaban J connectivity index is 1.63. The van der Waals surface area contributed by atoms with Crippen LogP contribution in [-0.4, -0.2) is 47.2 Å². The van der Waals surface area contributed by atoms with Crippen molar-refractivity contribution in [3.63, 3.8) is 0 Å². The number of carbonyl (C=O) groups excluding carboxylic acids is 3. The monoisotopic (exact) mass is 326 g/mol. The molecular formula is C19H22N2O3. The summed E-state index contributed by atoms with van der Waals surface area (Å²) in [4.78, 5) is 40.3. The van der Waals surface area contributed by atoms with Crippen LogP contribution < -0.4 is 0 Å². The number of imide groups is 1. The minimum absolute atomic E-state index is 0.00389. The largest absolute Gasteiger partial charge is 0.335 e. The van der Waals surface area contributed by atoms with Gasteiger partial charge in [-0.05, 0) is 49.8 Å². The molecule has 0 spiro atoms. The Bertz CT molecular complexity index is 725. The molecule has 2 aliphatic heterocycles. The zero-order valence-corrected chi connectivity index (χ0v) is 14.0. The molecule has 1 saturated carbocycles. The zero-order valence-electron chi connectivity index (χ0n) is 14.0. The van der Waals surface area contributed by atoms with Crippen LogP contribution >= 0.6 is 0 Å². The number of fused-ring (bicyclic) bond motifs is 2. The Kier molecular flexibility index (Phi) is 3.66. The Morgan fingerprint density at radius 2 is 1.71 bits per heavy atom. The second-order valence-electron chi connectivity index (χ2n) is 7.18. The zero-order chi connectivity index (χ0) is 16.8. The summed E-state index contributed by atoms with van der Waals surface area (Å²) in [6, 6.07) is 5.26. The first-order valence-electron chi connectivity index (χ1n) is 8.85. The van der Waals surface area contributed by atoms with Crippen molar-refractivity contribution in [2.75, 3.05) is 13.6 Å². The van der Waals surface area contributed by atoms with Gasteiger partial charge in [0.25, 0.3) is 17.7 Å². The Labute approximate surface area is 141 Å². The maximum absolute atomic E-state index is 13.0. The normalized spacial score (nSPS) is 26.4. The second kappa shape index (κ2) is 5.72. The molecule has 2 fully saturated rings. The van der Waals surface area contributed by atoms with Crippen molar-refractivity contribution >= 4 is 17.7 Å². The van der Waals surface area contributed by atoms with Gasteiger partial charge in [0.1, 0.15) is 0 Å². The van der Waals surface area contributed by atoms with E-state index in [4.69, 9.17) is 0 Å². The van der Waals surface area contributed by atoms with Crippen molar-refractivity contribution in [2.45, 2.75) is 44.6 Å². The van der Waals surface area contributed by atoms with Gasteiger partial charge in [0, 0.05) is 25.2 Å². The maximum atomic E-state index is 13.0. The minimum Gasteiger partial charge on any atom is -0.335 e. The van der Waals surface area contributed by atoms with E-state index >= 15 is 0 Å². The number of benzene rings is 1. The van der Waals surface area contributed by atoms with Crippen LogP contribution in [0.1, 0.15) is 69.6 Å². The van der Waals surface area contributed by atoms with Crippen LogP contribution in [0.2, 0.25) is 0 Å². The first-order valence-corrected chi connectivity index (χ1v) is 8.85. The van der Waals surface area contributed by atoms with Crippen molar-refractivity contribution < 1.29 is 14.4 Å². The van der Waals surface area contributed by atoms with Gasteiger partial charge in [-0.3, -0.25) is 19.3 Å². The average Bonchev–Trinajstić information content (AvgIpc) is 2.84. The van der Waals surface area contributed by atoms with Gasteiger partial charge in [-0.2, -0.15) is 0 Å². The Morgan fingerprint density at radius 3 is 2.54 bits per heavy atom. The van der Waals surface area contributed by atoms with E-state index in [1.807, 2.05) is 4.90 Å². The molecular weight excluding hydrogens is 304 g/mol. The summed E-state index contributed by atoms with van der Waals surface area (Å²) in [5.41, 5.74) is 1.27. The lowest BCUT2D eigenvalue weighted by molar-refractivity contribution is 0.0390. The van der Waals surface area contributed by atoms with Crippen molar-refractivity contribution in [3.05, 3.63) is 34.9 Å². The molecule has 1 aliphatic carbocycles. The molecule has 2 atom stereocenters. The maximum Gasteiger partial charge on any atom is 0.261 e. The van der Waals surface area contributed by atoms with Crippen molar-refractivity contribution in [1.29, 1.82) is 0 Å². The van der Waals surface area contributed by atoms with Crippen molar-refractivity contribution in [2.24, 2.45) is 5.92 Å². The number of likely N-dealkylation sites (tertiary alicyclic amines) is 1. The SMILES string of the molecule is CN1C(=O)c2ccc(C(=O)N3CCC[C@@H]4CCCC[C@@H]43)cc2C1=O. The summed E-state index contributed by atoms with van der Waals surface area (Å²) in [5, 5.41) is 0. The molecule has 24 heavy (non-hydrogen) atoms. The van der Waals surface area contributed by atoms with E-state index in [0.29, 0.717) is 28.7 Å². The summed E-state index contributed by atoms with van der Waals surface area (Å²) < 4.78 is 0. The predicted molar refractivity (Wildman–Crippen MR) is 88.9 cm³/mol. The molecule has 126 valence electrons. The standard InChI is InChI=1S/C19H22N2O3/c1-20-18(23)14-9-8-13(11-15(14)19(20)24)17(22)21-10-4-6-12-5-2-3-7-16(12)21/h8-9,11-12,16H,2-7,10H2,1H3/t12-,16-/m0/s1. The smallest absolute Gasteiger partial charge is 0.261 e. The van der Waals surface area contributed by atoms with Gasteiger partial charge in [0.15, 0.2) is 0 Å². The number of hydrogen-bond donors (Lipinski definition) is 0. The lowest BCUT2D eigenvalue weighted by Gasteiger charge is -2.44. The van der Waals surface area contributed by atoms with E-state index in [2.05, 4.69) is 0 Å². The quantitative estimate of drug-likeness (QED) is 0.746. The van der Waals surface area contributed by atoms with E-state index in [1.165, 1.54) is 32.7 Å². The van der Waals surface area contributed by atoms with E-state index in [0.717, 1.165) is 24.3 Å². The highest BCUT2D eigenvalue weighted by molar-refractivity contribution is 6.21. The number of piperidine rings is 1. The third-order valence-electron chi connectivity index (χ3n) is 5.84. The molecule has 3 aliphatic rings. The lowest BCUT2D eigenvalue weighted by atomic mass is 9.78. The van der Waals surface area contributed by atoms with Gasteiger partial charge >= 0.3 is 0 Å². The van der Waals surface area contributed by atoms with E-state index in [-0.39, 0.29) is 17.7 Å². The summed E-state index contributed by atoms with van der Waals surface area (Å²) in [6.45, 7) is 0.796. The average molecular weight is 326 g/mol. The third kappa shape index (κ3) is 2.26. The van der Waals surface area contributed by atoms with Crippen LogP contribution in [0.15, 0.2) is 18.2 Å². The van der Waals surface area contributed by atoms with Gasteiger partial charge in [-0.25, -0.2) is 0 Å². The lowest BCUT2D eigenvalue weighted by Crippen LogP contribution is -2.49. The topological polar surface area (TPSA) is 57.7 Å². The molecule has 1 aromatic carbocycles. The van der Waals surface area contributed by atoms with Crippen LogP contribution in [0, 0.1) is 5.92 Å². The summed E-state index contributed by atoms with van der Waals surface area (Å²) in [6.07, 6.45) is 7.03. The molecule has 3 amide bonds. The first-order chi connectivity index (χ1) is 11.6. The van der Waals surface area contributed by atoms with Crippen LogP contribution in [0.25, 0.3) is 0 Å². The first kappa shape index (κ1) is 15.4. The van der Waals surface area contributed by atoms with Crippen molar-refractivity contribution in [3.8, 4) is 0 Å². The van der Waals surface area contributed by atoms with Gasteiger partial charge in [-0.1, -0.05) is 12.8 Å². The molecule has 2 heterocycles. The minimum atomic E-state index is -0.321. The van der Waals surface area contributed by atoms with Gasteiger partial charge < -0.3 is 4.90 Å². The molecule has 0 bridgehead atoms. The molecule has 0 radical (unpaired) electrons. The van der Waals surface area contributed by atoms with Gasteiger partial charge in [-0.15, -0.1) is 0 Å². The van der Waals surface area contributed by atoms with Gasteiger partial charge in [0.2, 0.25) is 0 Å². The second-order valence-corrected chi connectivity index (χ2v) is 7.18. The summed E-state index contributed by atoms with van der Waals surface area (Å²) in [7, 11) is 1.48. The van der Waals surface area contributed by atoms with Crippen LogP contribution in [0.4, 0.5) is 0 Å². The van der Waals surface area contributed by atoms with E-state index in [9.17, 15) is 14.4 Å². The van der Waals surface area contributed by atoms with E-state index < -0.39 is 0 Å². The van der Waals surface area contributed by atoms with Crippen LogP contribution in [-0.2, 0) is 0 Å². The molecule has 1 aromatic rings. The number of hydrogen-bond acceptors (Lipinski definition) is 3. The van der Waals surface area contributed by atoms with Crippen LogP contribution in [0.5, 0.6) is 0 Å². The Morgan fingerprint density at radius 1 is 1.00 bits per heavy atom. The van der Waals surface area contributed by atoms with Crippen LogP contribution in [0.3, 0.4) is 0 Å². The highest BCUT2D eigenvalue weighted by Crippen LogP contribution is 2.36. The highest BCUT2D eigenvalue weighted by atomic mass is 16.2. The molecule has 0 N–H and O–H groups in total. The highest BCUT2D eigenvalue weighted by Gasteiger charge is 2.37. The number of carbonyl (C=O) groups is 3. The number of rotatable bonds is 1. The van der Waals surface area contributed by atoms with Gasteiger partial charge in [0.05, 0.1) is 11.1 Å². The number of nitrogens with zero attached hydrogens (tertiary/aromatic N) is 2. The molecule has 5 heteroatoms. The molecule has 1 saturated heterocycles. The third-order valence-corrected chi connectivity index (χ3v) is 5.84. The summed E-state index contributed by atoms with van der Waals surface area (Å²) >= 11 is 0. The molecule has 5 nitrogen and oxygen atoms in total. The number of amides is 3. The summed E-state index contributed by atoms with van der Waals surface area (Å²) in [5.74, 6) is 0.0163. The Hall–Kier alpha value is -2.17. The fourth-order valence-electron chi connectivity index (χ4n) is 4.54. The molecule has 0 unspecified atom stereocenters. The fraction of sp³-hybridized carbons (Fsp3) is 0.526.